The van der Waals surface area contributed by atoms with Crippen LogP contribution in [0.25, 0.3) is 0 Å². The molecule has 0 aliphatic carbocycles. The van der Waals surface area contributed by atoms with Crippen molar-refractivity contribution < 1.29 is 19.8 Å². The number of carbonyl (C=O) groups excluding carboxylic acids is 1. The van der Waals surface area contributed by atoms with Gasteiger partial charge in [-0.25, -0.2) is 9.59 Å². The van der Waals surface area contributed by atoms with Crippen molar-refractivity contribution in [3.05, 3.63) is 44.6 Å². The molecule has 2 rings (SSSR count). The van der Waals surface area contributed by atoms with E-state index in [4.69, 9.17) is 5.11 Å². The molecule has 1 aromatic carbocycles. The maximum absolute atomic E-state index is 11.7. The number of urea groups is 1. The third-order valence-corrected chi connectivity index (χ3v) is 4.24. The lowest BCUT2D eigenvalue weighted by atomic mass is 10.2. The largest absolute Gasteiger partial charge is 0.506 e. The number of phenols is 1. The van der Waals surface area contributed by atoms with E-state index >= 15 is 0 Å². The van der Waals surface area contributed by atoms with Crippen molar-refractivity contribution in [3.8, 4) is 5.75 Å². The summed E-state index contributed by atoms with van der Waals surface area (Å²) < 4.78 is 0.951. The van der Waals surface area contributed by atoms with Gasteiger partial charge in [-0.3, -0.25) is 0 Å². The molecule has 1 aromatic heterocycles. The smallest absolute Gasteiger partial charge is 0.335 e. The van der Waals surface area contributed by atoms with Crippen LogP contribution in [0, 0.1) is 0 Å². The predicted octanol–water partition coefficient (Wildman–Crippen LogP) is 3.24. The van der Waals surface area contributed by atoms with Crippen molar-refractivity contribution in [2.45, 2.75) is 6.54 Å². The van der Waals surface area contributed by atoms with Crippen LogP contribution in [0.1, 0.15) is 15.2 Å². The summed E-state index contributed by atoms with van der Waals surface area (Å²) in [5.41, 5.74) is 0.0896. The summed E-state index contributed by atoms with van der Waals surface area (Å²) in [6.45, 7) is 0.357. The van der Waals surface area contributed by atoms with Crippen LogP contribution in [0.3, 0.4) is 0 Å². The Balaban J connectivity index is 1.94. The third kappa shape index (κ3) is 4.20. The van der Waals surface area contributed by atoms with E-state index < -0.39 is 12.0 Å². The Morgan fingerprint density at radius 1 is 1.29 bits per heavy atom. The van der Waals surface area contributed by atoms with Gasteiger partial charge in [0.15, 0.2) is 0 Å². The normalized spacial score (nSPS) is 10.1. The number of anilines is 1. The minimum atomic E-state index is -1.15. The Morgan fingerprint density at radius 3 is 2.62 bits per heavy atom. The summed E-state index contributed by atoms with van der Waals surface area (Å²) in [7, 11) is 0. The van der Waals surface area contributed by atoms with Crippen LogP contribution in [0.5, 0.6) is 5.75 Å². The van der Waals surface area contributed by atoms with E-state index in [0.29, 0.717) is 6.54 Å². The van der Waals surface area contributed by atoms with Crippen LogP contribution in [0.15, 0.2) is 34.1 Å². The maximum Gasteiger partial charge on any atom is 0.335 e. The molecular weight excluding hydrogens is 360 g/mol. The topological polar surface area (TPSA) is 98.7 Å². The van der Waals surface area contributed by atoms with Crippen molar-refractivity contribution in [1.82, 2.24) is 5.32 Å². The molecule has 0 atom stereocenters. The van der Waals surface area contributed by atoms with Crippen molar-refractivity contribution in [1.29, 1.82) is 0 Å². The lowest BCUT2D eigenvalue weighted by Gasteiger charge is -2.09. The number of carboxylic acids is 1. The number of nitrogens with one attached hydrogen (secondary N) is 2. The van der Waals surface area contributed by atoms with Crippen LogP contribution in [0.4, 0.5) is 10.5 Å². The van der Waals surface area contributed by atoms with Crippen molar-refractivity contribution in [2.24, 2.45) is 0 Å². The Morgan fingerprint density at radius 2 is 2.05 bits per heavy atom. The van der Waals surface area contributed by atoms with Gasteiger partial charge < -0.3 is 20.8 Å². The number of amides is 2. The van der Waals surface area contributed by atoms with Crippen LogP contribution >= 0.6 is 27.3 Å². The molecule has 0 aliphatic heterocycles. The van der Waals surface area contributed by atoms with Gasteiger partial charge in [0, 0.05) is 14.7 Å². The molecule has 21 heavy (non-hydrogen) atoms. The molecule has 0 aliphatic rings. The Hall–Kier alpha value is -2.06. The van der Waals surface area contributed by atoms with E-state index in [0.717, 1.165) is 15.4 Å². The number of hydrogen-bond acceptors (Lipinski definition) is 4. The number of rotatable bonds is 4. The Labute approximate surface area is 132 Å². The van der Waals surface area contributed by atoms with E-state index in [9.17, 15) is 14.7 Å². The summed E-state index contributed by atoms with van der Waals surface area (Å²) in [4.78, 5) is 23.4. The number of carboxylic acid groups (broad SMARTS) is 1. The van der Waals surface area contributed by atoms with Gasteiger partial charge in [0.05, 0.1) is 17.8 Å². The predicted molar refractivity (Wildman–Crippen MR) is 82.9 cm³/mol. The quantitative estimate of drug-likeness (QED) is 0.620. The fourth-order valence-electron chi connectivity index (χ4n) is 1.55. The molecule has 1 heterocycles. The fourth-order valence-corrected chi connectivity index (χ4v) is 2.94. The number of phenolic OH excluding ortho intramolecular Hbond substituents is 1. The van der Waals surface area contributed by atoms with Crippen LogP contribution < -0.4 is 10.6 Å². The lowest BCUT2D eigenvalue weighted by Crippen LogP contribution is -2.27. The first-order chi connectivity index (χ1) is 9.95. The zero-order valence-corrected chi connectivity index (χ0v) is 13.0. The van der Waals surface area contributed by atoms with Gasteiger partial charge in [-0.15, -0.1) is 11.3 Å². The number of thiophene rings is 1. The molecule has 0 saturated carbocycles. The van der Waals surface area contributed by atoms with Gasteiger partial charge in [0.2, 0.25) is 0 Å². The standard InChI is InChI=1S/C13H11BrN2O4S/c14-8-4-9(21-6-8)5-15-13(20)16-10-2-1-7(12(18)19)3-11(10)17/h1-4,6,17H,5H2,(H,18,19)(H2,15,16,20). The van der Waals surface area contributed by atoms with Gasteiger partial charge >= 0.3 is 12.0 Å². The molecule has 2 amide bonds. The summed E-state index contributed by atoms with van der Waals surface area (Å²) in [5, 5.41) is 25.4. The SMILES string of the molecule is O=C(NCc1cc(Br)cs1)Nc1ccc(C(=O)O)cc1O. The Bertz CT molecular complexity index is 687. The van der Waals surface area contributed by atoms with Gasteiger partial charge in [-0.2, -0.15) is 0 Å². The highest BCUT2D eigenvalue weighted by atomic mass is 79.9. The minimum Gasteiger partial charge on any atom is -0.506 e. The summed E-state index contributed by atoms with van der Waals surface area (Å²) in [6, 6.07) is 5.12. The number of carbonyl (C=O) groups is 2. The average Bonchev–Trinajstić information content (AvgIpc) is 2.84. The van der Waals surface area contributed by atoms with Gasteiger partial charge in [0.1, 0.15) is 5.75 Å². The van der Waals surface area contributed by atoms with Crippen molar-refractivity contribution >= 4 is 45.0 Å². The molecule has 6 nitrogen and oxygen atoms in total. The molecule has 0 saturated heterocycles. The van der Waals surface area contributed by atoms with Crippen molar-refractivity contribution in [2.75, 3.05) is 5.32 Å². The fraction of sp³-hybridized carbons (Fsp3) is 0.0769. The molecule has 110 valence electrons. The molecule has 0 fully saturated rings. The molecule has 2 aromatic rings. The second kappa shape index (κ2) is 6.59. The maximum atomic E-state index is 11.7. The van der Waals surface area contributed by atoms with E-state index in [1.54, 1.807) is 0 Å². The second-order valence-corrected chi connectivity index (χ2v) is 5.99. The second-order valence-electron chi connectivity index (χ2n) is 4.08. The monoisotopic (exact) mass is 370 g/mol. The summed E-state index contributed by atoms with van der Waals surface area (Å²) >= 11 is 4.82. The highest BCUT2D eigenvalue weighted by molar-refractivity contribution is 9.10. The first kappa shape index (κ1) is 15.3. The molecule has 0 unspecified atom stereocenters. The average molecular weight is 371 g/mol. The number of halogens is 1. The number of aromatic carboxylic acids is 1. The first-order valence-corrected chi connectivity index (χ1v) is 7.47. The van der Waals surface area contributed by atoms with Crippen LogP contribution in [-0.2, 0) is 6.54 Å². The molecule has 4 N–H and O–H groups in total. The lowest BCUT2D eigenvalue weighted by molar-refractivity contribution is 0.0696. The number of aromatic hydroxyl groups is 1. The molecular formula is C13H11BrN2O4S. The van der Waals surface area contributed by atoms with E-state index in [1.807, 2.05) is 11.4 Å². The van der Waals surface area contributed by atoms with Gasteiger partial charge in [-0.05, 0) is 40.2 Å². The summed E-state index contributed by atoms with van der Waals surface area (Å²) in [5.74, 6) is -1.45. The van der Waals surface area contributed by atoms with E-state index in [1.165, 1.54) is 23.5 Å². The third-order valence-electron chi connectivity index (χ3n) is 2.54. The molecule has 0 bridgehead atoms. The molecule has 0 radical (unpaired) electrons. The van der Waals surface area contributed by atoms with Gasteiger partial charge in [-0.1, -0.05) is 0 Å². The Kier molecular flexibility index (Phi) is 4.81. The highest BCUT2D eigenvalue weighted by Crippen LogP contribution is 2.24. The van der Waals surface area contributed by atoms with Crippen LogP contribution in [0.2, 0.25) is 0 Å². The zero-order valence-electron chi connectivity index (χ0n) is 10.6. The first-order valence-electron chi connectivity index (χ1n) is 5.80. The minimum absolute atomic E-state index is 0.0538. The highest BCUT2D eigenvalue weighted by Gasteiger charge is 2.10. The number of hydrogen-bond donors (Lipinski definition) is 4. The molecule has 0 spiro atoms. The van der Waals surface area contributed by atoms with Crippen LogP contribution in [-0.4, -0.2) is 22.2 Å². The van der Waals surface area contributed by atoms with E-state index in [-0.39, 0.29) is 17.0 Å². The zero-order chi connectivity index (χ0) is 15.4. The van der Waals surface area contributed by atoms with Gasteiger partial charge in [0.25, 0.3) is 0 Å². The van der Waals surface area contributed by atoms with Crippen molar-refractivity contribution in [3.63, 3.8) is 0 Å². The summed E-state index contributed by atoms with van der Waals surface area (Å²) in [6.07, 6.45) is 0. The number of benzene rings is 1. The van der Waals surface area contributed by atoms with E-state index in [2.05, 4.69) is 26.6 Å². The molecule has 8 heteroatoms.